The average molecular weight is 415 g/mol. The van der Waals surface area contributed by atoms with Crippen LogP contribution >= 0.6 is 0 Å². The lowest BCUT2D eigenvalue weighted by Gasteiger charge is -2.35. The number of fused-ring (bicyclic) bond motifs is 5. The minimum Gasteiger partial charge on any atom is -0.347 e. The van der Waals surface area contributed by atoms with Gasteiger partial charge < -0.3 is 9.47 Å². The van der Waals surface area contributed by atoms with Gasteiger partial charge in [0.05, 0.1) is 29.0 Å². The largest absolute Gasteiger partial charge is 0.347 e. The van der Waals surface area contributed by atoms with Gasteiger partial charge in [-0.2, -0.15) is 4.39 Å². The Bertz CT molecular complexity index is 1210. The molecule has 1 aromatic carbocycles. The van der Waals surface area contributed by atoms with Gasteiger partial charge in [-0.15, -0.1) is 0 Å². The van der Waals surface area contributed by atoms with Gasteiger partial charge in [0.2, 0.25) is 11.9 Å². The van der Waals surface area contributed by atoms with Crippen LogP contribution in [0.3, 0.4) is 0 Å². The van der Waals surface area contributed by atoms with Gasteiger partial charge >= 0.3 is 0 Å². The van der Waals surface area contributed by atoms with E-state index in [1.165, 1.54) is 12.5 Å². The minimum absolute atomic E-state index is 0.00347. The van der Waals surface area contributed by atoms with Gasteiger partial charge in [0.15, 0.2) is 0 Å². The molecule has 156 valence electrons. The van der Waals surface area contributed by atoms with Gasteiger partial charge in [-0.05, 0) is 37.0 Å². The van der Waals surface area contributed by atoms with Crippen LogP contribution in [-0.2, 0) is 6.54 Å². The number of pyridine rings is 1. The molecule has 2 aliphatic heterocycles. The summed E-state index contributed by atoms with van der Waals surface area (Å²) in [7, 11) is 1.81. The molecule has 2 aromatic heterocycles. The number of aromatic nitrogens is 2. The first-order chi connectivity index (χ1) is 15.1. The van der Waals surface area contributed by atoms with Crippen LogP contribution < -0.4 is 4.90 Å². The second kappa shape index (κ2) is 6.77. The number of nitrogens with zero attached hydrogens (tertiary/aromatic N) is 5. The number of carbonyl (C=O) groups is 1. The SMILES string of the molecule is CN1C(=O)c2cn(Cc3ccc(-c4cccc(F)n4)cc3)cc2N2C1=NC1CCCC12. The van der Waals surface area contributed by atoms with E-state index < -0.39 is 5.95 Å². The van der Waals surface area contributed by atoms with Gasteiger partial charge in [-0.25, -0.2) is 9.98 Å². The zero-order valence-electron chi connectivity index (χ0n) is 17.2. The highest BCUT2D eigenvalue weighted by molar-refractivity contribution is 6.19. The highest BCUT2D eigenvalue weighted by atomic mass is 19.1. The van der Waals surface area contributed by atoms with Crippen LogP contribution in [0.5, 0.6) is 0 Å². The van der Waals surface area contributed by atoms with Crippen molar-refractivity contribution in [3.63, 3.8) is 0 Å². The smallest absolute Gasteiger partial charge is 0.263 e. The van der Waals surface area contributed by atoms with E-state index >= 15 is 0 Å². The predicted molar refractivity (Wildman–Crippen MR) is 117 cm³/mol. The molecule has 2 atom stereocenters. The lowest BCUT2D eigenvalue weighted by molar-refractivity contribution is 0.0865. The molecule has 0 saturated heterocycles. The van der Waals surface area contributed by atoms with Gasteiger partial charge in [-0.3, -0.25) is 9.69 Å². The van der Waals surface area contributed by atoms with Gasteiger partial charge in [-0.1, -0.05) is 30.3 Å². The van der Waals surface area contributed by atoms with E-state index in [1.807, 2.05) is 37.5 Å². The number of rotatable bonds is 3. The standard InChI is InChI=1S/C24H22FN5O/c1-28-23(31)17-13-29(14-21(17)30-20-6-2-5-19(20)27-24(28)30)12-15-8-10-16(11-9-15)18-4-3-7-22(25)26-18/h3-4,7-11,13-14,19-20H,2,5-6,12H2,1H3. The first-order valence-corrected chi connectivity index (χ1v) is 10.7. The van der Waals surface area contributed by atoms with Gasteiger partial charge in [0.25, 0.3) is 5.91 Å². The Morgan fingerprint density at radius 3 is 2.74 bits per heavy atom. The Morgan fingerprint density at radius 2 is 1.94 bits per heavy atom. The molecular formula is C24H22FN5O. The number of guanidine groups is 1. The zero-order chi connectivity index (χ0) is 21.1. The molecule has 7 heteroatoms. The van der Waals surface area contributed by atoms with E-state index in [0.717, 1.165) is 41.2 Å². The number of carbonyl (C=O) groups excluding carboxylic acids is 1. The molecular weight excluding hydrogens is 393 g/mol. The maximum Gasteiger partial charge on any atom is 0.263 e. The van der Waals surface area contributed by atoms with Crippen molar-refractivity contribution in [2.75, 3.05) is 11.9 Å². The normalized spacial score (nSPS) is 21.7. The fourth-order valence-electron chi connectivity index (χ4n) is 5.04. The molecule has 31 heavy (non-hydrogen) atoms. The summed E-state index contributed by atoms with van der Waals surface area (Å²) in [6.45, 7) is 0.648. The van der Waals surface area contributed by atoms with E-state index in [4.69, 9.17) is 4.99 Å². The number of hydrogen-bond donors (Lipinski definition) is 0. The Morgan fingerprint density at radius 1 is 1.10 bits per heavy atom. The number of hydrogen-bond acceptors (Lipinski definition) is 4. The summed E-state index contributed by atoms with van der Waals surface area (Å²) in [6, 6.07) is 13.4. The molecule has 0 spiro atoms. The van der Waals surface area contributed by atoms with Crippen molar-refractivity contribution in [3.8, 4) is 11.3 Å². The first kappa shape index (κ1) is 18.3. The monoisotopic (exact) mass is 415 g/mol. The van der Waals surface area contributed by atoms with Crippen molar-refractivity contribution in [3.05, 3.63) is 71.9 Å². The third-order valence-corrected chi connectivity index (χ3v) is 6.56. The Hall–Kier alpha value is -3.48. The lowest BCUT2D eigenvalue weighted by Crippen LogP contribution is -2.50. The van der Waals surface area contributed by atoms with Crippen LogP contribution in [0.4, 0.5) is 10.1 Å². The van der Waals surface area contributed by atoms with Gasteiger partial charge in [0, 0.05) is 31.5 Å². The highest BCUT2D eigenvalue weighted by Gasteiger charge is 2.47. The topological polar surface area (TPSA) is 53.7 Å². The minimum atomic E-state index is -0.483. The van der Waals surface area contributed by atoms with Gasteiger partial charge in [0.1, 0.15) is 0 Å². The van der Waals surface area contributed by atoms with E-state index in [0.29, 0.717) is 24.3 Å². The fraction of sp³-hybridized carbons (Fsp3) is 0.292. The summed E-state index contributed by atoms with van der Waals surface area (Å²) in [4.78, 5) is 25.7. The zero-order valence-corrected chi connectivity index (χ0v) is 17.2. The Balaban J connectivity index is 1.29. The molecule has 0 radical (unpaired) electrons. The van der Waals surface area contributed by atoms with Crippen molar-refractivity contribution < 1.29 is 9.18 Å². The van der Waals surface area contributed by atoms with E-state index in [9.17, 15) is 9.18 Å². The Labute approximate surface area is 179 Å². The highest BCUT2D eigenvalue weighted by Crippen LogP contribution is 2.41. The molecule has 0 bridgehead atoms. The third-order valence-electron chi connectivity index (χ3n) is 6.56. The summed E-state index contributed by atoms with van der Waals surface area (Å²) in [5.74, 6) is 0.302. The molecule has 4 heterocycles. The summed E-state index contributed by atoms with van der Waals surface area (Å²) in [5.41, 5.74) is 4.29. The Kier molecular flexibility index (Phi) is 4.00. The maximum atomic E-state index is 13.4. The van der Waals surface area contributed by atoms with Crippen molar-refractivity contribution in [2.45, 2.75) is 37.9 Å². The molecule has 1 aliphatic carbocycles. The number of halogens is 1. The predicted octanol–water partition coefficient (Wildman–Crippen LogP) is 3.92. The second-order valence-electron chi connectivity index (χ2n) is 8.50. The van der Waals surface area contributed by atoms with Crippen LogP contribution in [0.15, 0.2) is 59.9 Å². The van der Waals surface area contributed by atoms with Crippen molar-refractivity contribution >= 4 is 17.6 Å². The van der Waals surface area contributed by atoms with E-state index in [2.05, 4.69) is 20.6 Å². The molecule has 1 fully saturated rings. The first-order valence-electron chi connectivity index (χ1n) is 10.7. The summed E-state index contributed by atoms with van der Waals surface area (Å²) in [6.07, 6.45) is 7.39. The number of amides is 1. The van der Waals surface area contributed by atoms with Crippen LogP contribution in [0.2, 0.25) is 0 Å². The molecule has 1 amide bonds. The number of anilines is 1. The second-order valence-corrected chi connectivity index (χ2v) is 8.50. The average Bonchev–Trinajstić information content (AvgIpc) is 3.47. The van der Waals surface area contributed by atoms with Crippen LogP contribution in [0.25, 0.3) is 11.3 Å². The van der Waals surface area contributed by atoms with E-state index in [-0.39, 0.29) is 5.91 Å². The number of aliphatic imine (C=N–C) groups is 1. The van der Waals surface area contributed by atoms with E-state index in [1.54, 1.807) is 17.0 Å². The molecule has 1 saturated carbocycles. The molecule has 3 aromatic rings. The summed E-state index contributed by atoms with van der Waals surface area (Å²) >= 11 is 0. The third kappa shape index (κ3) is 2.87. The quantitative estimate of drug-likeness (QED) is 0.610. The van der Waals surface area contributed by atoms with Crippen LogP contribution in [0, 0.1) is 5.95 Å². The number of benzene rings is 1. The fourth-order valence-corrected chi connectivity index (χ4v) is 5.04. The van der Waals surface area contributed by atoms with Crippen molar-refractivity contribution in [1.82, 2.24) is 14.5 Å². The lowest BCUT2D eigenvalue weighted by atomic mass is 10.1. The van der Waals surface area contributed by atoms with Crippen LogP contribution in [-0.4, -0.2) is 45.4 Å². The molecule has 2 unspecified atom stereocenters. The van der Waals surface area contributed by atoms with Crippen molar-refractivity contribution in [1.29, 1.82) is 0 Å². The molecule has 6 nitrogen and oxygen atoms in total. The summed E-state index contributed by atoms with van der Waals surface area (Å²) < 4.78 is 15.5. The summed E-state index contributed by atoms with van der Waals surface area (Å²) in [5, 5.41) is 0. The van der Waals surface area contributed by atoms with Crippen molar-refractivity contribution in [2.24, 2.45) is 4.99 Å². The maximum absolute atomic E-state index is 13.4. The van der Waals surface area contributed by atoms with Crippen LogP contribution in [0.1, 0.15) is 35.2 Å². The molecule has 3 aliphatic rings. The molecule has 0 N–H and O–H groups in total. The molecule has 6 rings (SSSR count).